The second-order valence-corrected chi connectivity index (χ2v) is 5.67. The molecule has 0 aromatic heterocycles. The molecular weight excluding hydrogens is 236 g/mol. The maximum Gasteiger partial charge on any atom is 0.224 e. The zero-order chi connectivity index (χ0) is 12.8. The zero-order valence-electron chi connectivity index (χ0n) is 10.6. The van der Waals surface area contributed by atoms with Crippen LogP contribution in [0.4, 0.5) is 11.4 Å². The van der Waals surface area contributed by atoms with E-state index in [9.17, 15) is 4.79 Å². The fourth-order valence-electron chi connectivity index (χ4n) is 2.24. The Morgan fingerprint density at radius 1 is 1.47 bits per heavy atom. The van der Waals surface area contributed by atoms with Crippen LogP contribution in [0.1, 0.15) is 26.3 Å². The third-order valence-corrected chi connectivity index (χ3v) is 3.19. The fraction of sp³-hybridized carbons (Fsp3) is 0.462. The Balaban J connectivity index is 2.60. The molecule has 0 atom stereocenters. The quantitative estimate of drug-likeness (QED) is 0.769. The van der Waals surface area contributed by atoms with Crippen molar-refractivity contribution in [3.05, 3.63) is 22.7 Å². The lowest BCUT2D eigenvalue weighted by Crippen LogP contribution is -2.50. The molecule has 2 rings (SSSR count). The van der Waals surface area contributed by atoms with E-state index in [2.05, 4.69) is 19.2 Å². The SMILES string of the molecule is CC(=O)N1CC(C)(C)Nc2c(C)cc(Cl)cc21. The van der Waals surface area contributed by atoms with Crippen LogP contribution in [0.3, 0.4) is 0 Å². The van der Waals surface area contributed by atoms with Crippen LogP contribution >= 0.6 is 11.6 Å². The molecule has 0 aliphatic carbocycles. The third-order valence-electron chi connectivity index (χ3n) is 2.97. The van der Waals surface area contributed by atoms with Crippen molar-refractivity contribution in [3.8, 4) is 0 Å². The van der Waals surface area contributed by atoms with Crippen molar-refractivity contribution in [2.24, 2.45) is 0 Å². The average Bonchev–Trinajstić information content (AvgIpc) is 2.17. The van der Waals surface area contributed by atoms with Gasteiger partial charge in [-0.1, -0.05) is 11.6 Å². The summed E-state index contributed by atoms with van der Waals surface area (Å²) in [6.07, 6.45) is 0. The molecule has 3 nitrogen and oxygen atoms in total. The van der Waals surface area contributed by atoms with E-state index in [0.717, 1.165) is 16.9 Å². The number of rotatable bonds is 0. The average molecular weight is 253 g/mol. The van der Waals surface area contributed by atoms with Gasteiger partial charge in [-0.3, -0.25) is 4.79 Å². The molecule has 92 valence electrons. The highest BCUT2D eigenvalue weighted by Gasteiger charge is 2.32. The molecule has 1 aliphatic heterocycles. The Labute approximate surface area is 107 Å². The van der Waals surface area contributed by atoms with Gasteiger partial charge in [-0.25, -0.2) is 0 Å². The van der Waals surface area contributed by atoms with Crippen molar-refractivity contribution >= 4 is 28.9 Å². The molecule has 1 heterocycles. The van der Waals surface area contributed by atoms with Crippen molar-refractivity contribution in [3.63, 3.8) is 0 Å². The summed E-state index contributed by atoms with van der Waals surface area (Å²) < 4.78 is 0. The molecule has 0 saturated heterocycles. The van der Waals surface area contributed by atoms with Gasteiger partial charge in [0.1, 0.15) is 0 Å². The normalized spacial score (nSPS) is 17.4. The second-order valence-electron chi connectivity index (χ2n) is 5.23. The van der Waals surface area contributed by atoms with Gasteiger partial charge >= 0.3 is 0 Å². The molecule has 0 radical (unpaired) electrons. The monoisotopic (exact) mass is 252 g/mol. The van der Waals surface area contributed by atoms with Crippen LogP contribution in [0.5, 0.6) is 0 Å². The molecule has 17 heavy (non-hydrogen) atoms. The maximum absolute atomic E-state index is 11.7. The Hall–Kier alpha value is -1.22. The van der Waals surface area contributed by atoms with Gasteiger partial charge in [0, 0.05) is 24.0 Å². The van der Waals surface area contributed by atoms with Crippen molar-refractivity contribution in [1.29, 1.82) is 0 Å². The van der Waals surface area contributed by atoms with Gasteiger partial charge in [-0.15, -0.1) is 0 Å². The molecule has 0 bridgehead atoms. The Morgan fingerprint density at radius 3 is 2.71 bits per heavy atom. The van der Waals surface area contributed by atoms with Gasteiger partial charge in [0.2, 0.25) is 5.91 Å². The van der Waals surface area contributed by atoms with E-state index in [4.69, 9.17) is 11.6 Å². The Kier molecular flexibility index (Phi) is 2.82. The van der Waals surface area contributed by atoms with Gasteiger partial charge in [0.25, 0.3) is 0 Å². The summed E-state index contributed by atoms with van der Waals surface area (Å²) in [6.45, 7) is 8.40. The van der Waals surface area contributed by atoms with Gasteiger partial charge in [-0.2, -0.15) is 0 Å². The van der Waals surface area contributed by atoms with Crippen LogP contribution in [-0.2, 0) is 4.79 Å². The summed E-state index contributed by atoms with van der Waals surface area (Å²) in [5, 5.41) is 4.13. The first kappa shape index (κ1) is 12.2. The summed E-state index contributed by atoms with van der Waals surface area (Å²) >= 11 is 6.06. The first-order chi connectivity index (χ1) is 7.80. The number of aryl methyl sites for hydroxylation is 1. The lowest BCUT2D eigenvalue weighted by atomic mass is 9.97. The number of benzene rings is 1. The number of fused-ring (bicyclic) bond motifs is 1. The summed E-state index contributed by atoms with van der Waals surface area (Å²) in [5.41, 5.74) is 2.81. The minimum absolute atomic E-state index is 0.0440. The van der Waals surface area contributed by atoms with Gasteiger partial charge < -0.3 is 10.2 Å². The lowest BCUT2D eigenvalue weighted by Gasteiger charge is -2.41. The van der Waals surface area contributed by atoms with Crippen LogP contribution in [0.2, 0.25) is 5.02 Å². The highest BCUT2D eigenvalue weighted by atomic mass is 35.5. The molecule has 4 heteroatoms. The van der Waals surface area contributed by atoms with E-state index in [1.807, 2.05) is 19.1 Å². The van der Waals surface area contributed by atoms with E-state index in [1.165, 1.54) is 0 Å². The number of hydrogen-bond acceptors (Lipinski definition) is 2. The summed E-state index contributed by atoms with van der Waals surface area (Å²) in [6, 6.07) is 3.75. The number of amides is 1. The minimum atomic E-state index is -0.128. The lowest BCUT2D eigenvalue weighted by molar-refractivity contribution is -0.116. The molecule has 0 saturated carbocycles. The summed E-state index contributed by atoms with van der Waals surface area (Å²) in [7, 11) is 0. The largest absolute Gasteiger partial charge is 0.376 e. The third kappa shape index (κ3) is 2.25. The predicted molar refractivity (Wildman–Crippen MR) is 71.9 cm³/mol. The molecule has 0 spiro atoms. The van der Waals surface area contributed by atoms with E-state index in [1.54, 1.807) is 11.8 Å². The first-order valence-corrected chi connectivity index (χ1v) is 6.04. The van der Waals surface area contributed by atoms with Crippen molar-refractivity contribution in [2.75, 3.05) is 16.8 Å². The number of anilines is 2. The number of carbonyl (C=O) groups is 1. The smallest absolute Gasteiger partial charge is 0.224 e. The van der Waals surface area contributed by atoms with Crippen LogP contribution < -0.4 is 10.2 Å². The van der Waals surface area contributed by atoms with Crippen LogP contribution in [0.25, 0.3) is 0 Å². The van der Waals surface area contributed by atoms with Gasteiger partial charge in [0.15, 0.2) is 0 Å². The molecule has 1 N–H and O–H groups in total. The van der Waals surface area contributed by atoms with Crippen molar-refractivity contribution in [2.45, 2.75) is 33.2 Å². The zero-order valence-corrected chi connectivity index (χ0v) is 11.4. The first-order valence-electron chi connectivity index (χ1n) is 5.66. The van der Waals surface area contributed by atoms with E-state index in [-0.39, 0.29) is 11.4 Å². The number of halogens is 1. The number of carbonyl (C=O) groups excluding carboxylic acids is 1. The van der Waals surface area contributed by atoms with E-state index in [0.29, 0.717) is 11.6 Å². The van der Waals surface area contributed by atoms with E-state index >= 15 is 0 Å². The molecule has 1 amide bonds. The molecule has 0 unspecified atom stereocenters. The van der Waals surface area contributed by atoms with Gasteiger partial charge in [0.05, 0.1) is 11.4 Å². The van der Waals surface area contributed by atoms with E-state index < -0.39 is 0 Å². The van der Waals surface area contributed by atoms with Crippen molar-refractivity contribution < 1.29 is 4.79 Å². The summed E-state index contributed by atoms with van der Waals surface area (Å²) in [5.74, 6) is 0.0440. The van der Waals surface area contributed by atoms with Crippen LogP contribution in [0.15, 0.2) is 12.1 Å². The second kappa shape index (κ2) is 3.91. The fourth-order valence-corrected chi connectivity index (χ4v) is 2.51. The standard InChI is InChI=1S/C13H17ClN2O/c1-8-5-10(14)6-11-12(8)15-13(3,4)7-16(11)9(2)17/h5-6,15H,7H2,1-4H3. The van der Waals surface area contributed by atoms with Crippen LogP contribution in [-0.4, -0.2) is 18.0 Å². The van der Waals surface area contributed by atoms with Gasteiger partial charge in [-0.05, 0) is 38.5 Å². The Bertz CT molecular complexity index is 483. The molecular formula is C13H17ClN2O. The predicted octanol–water partition coefficient (Wildman–Crippen LogP) is 3.21. The maximum atomic E-state index is 11.7. The molecule has 1 aliphatic rings. The van der Waals surface area contributed by atoms with Crippen molar-refractivity contribution in [1.82, 2.24) is 0 Å². The molecule has 1 aromatic rings. The Morgan fingerprint density at radius 2 is 2.12 bits per heavy atom. The highest BCUT2D eigenvalue weighted by Crippen LogP contribution is 2.39. The summed E-state index contributed by atoms with van der Waals surface area (Å²) in [4.78, 5) is 13.5. The number of nitrogens with zero attached hydrogens (tertiary/aromatic N) is 1. The topological polar surface area (TPSA) is 32.3 Å². The molecule has 0 fully saturated rings. The van der Waals surface area contributed by atoms with Crippen LogP contribution in [0, 0.1) is 6.92 Å². The number of nitrogens with one attached hydrogen (secondary N) is 1. The number of hydrogen-bond donors (Lipinski definition) is 1. The minimum Gasteiger partial charge on any atom is -0.376 e. The molecule has 1 aromatic carbocycles. The highest BCUT2D eigenvalue weighted by molar-refractivity contribution is 6.31.